The maximum atomic E-state index is 12.5. The van der Waals surface area contributed by atoms with E-state index in [1.54, 1.807) is 18.3 Å². The van der Waals surface area contributed by atoms with Gasteiger partial charge in [0.15, 0.2) is 11.5 Å². The lowest BCUT2D eigenvalue weighted by Crippen LogP contribution is -2.23. The summed E-state index contributed by atoms with van der Waals surface area (Å²) in [6.45, 7) is 0.500. The molecule has 0 saturated carbocycles. The van der Waals surface area contributed by atoms with Gasteiger partial charge in [-0.2, -0.15) is 5.10 Å². The van der Waals surface area contributed by atoms with E-state index in [-0.39, 0.29) is 22.4 Å². The molecule has 118 valence electrons. The maximum Gasteiger partial charge on any atom is 0.278 e. The van der Waals surface area contributed by atoms with E-state index >= 15 is 0 Å². The predicted octanol–water partition coefficient (Wildman–Crippen LogP) is 2.74. The molecule has 0 aliphatic rings. The Morgan fingerprint density at radius 2 is 1.96 bits per heavy atom. The van der Waals surface area contributed by atoms with Crippen LogP contribution in [0.2, 0.25) is 0 Å². The predicted molar refractivity (Wildman–Crippen MR) is 89.0 cm³/mol. The van der Waals surface area contributed by atoms with Crippen LogP contribution in [0.15, 0.2) is 53.5 Å². The number of methoxy groups -OCH3 is 1. The van der Waals surface area contributed by atoms with Crippen LogP contribution in [-0.4, -0.2) is 22.0 Å². The highest BCUT2D eigenvalue weighted by Gasteiger charge is 2.12. The molecule has 3 rings (SSSR count). The minimum absolute atomic E-state index is 0.130. The van der Waals surface area contributed by atoms with Crippen LogP contribution in [-0.2, 0) is 13.0 Å². The Bertz CT molecular complexity index is 873. The molecule has 2 aromatic carbocycles. The lowest BCUT2D eigenvalue weighted by molar-refractivity contribution is 0.376. The standard InChI is InChI=1S/C18H18N2O3/c1-23-15-10-9-14-12-19-20(18(22)16(14)17(15)21)11-5-8-13-6-3-2-4-7-13/h2-4,6-7,9-10,12,21H,5,8,11H2,1H3. The Labute approximate surface area is 133 Å². The van der Waals surface area contributed by atoms with Gasteiger partial charge in [0.2, 0.25) is 0 Å². The monoisotopic (exact) mass is 310 g/mol. The molecule has 1 heterocycles. The van der Waals surface area contributed by atoms with Crippen molar-refractivity contribution in [2.24, 2.45) is 0 Å². The molecule has 5 nitrogen and oxygen atoms in total. The summed E-state index contributed by atoms with van der Waals surface area (Å²) in [5.41, 5.74) is 0.929. The number of aryl methyl sites for hydroxylation is 2. The van der Waals surface area contributed by atoms with Crippen molar-refractivity contribution >= 4 is 10.8 Å². The number of benzene rings is 2. The minimum Gasteiger partial charge on any atom is -0.504 e. The first-order valence-corrected chi connectivity index (χ1v) is 7.50. The first kappa shape index (κ1) is 15.1. The van der Waals surface area contributed by atoms with E-state index in [2.05, 4.69) is 17.2 Å². The molecule has 0 saturated heterocycles. The molecule has 1 aromatic heterocycles. The molecule has 5 heteroatoms. The zero-order valence-electron chi connectivity index (χ0n) is 12.9. The molecule has 0 amide bonds. The molecule has 0 fully saturated rings. The number of hydrogen-bond donors (Lipinski definition) is 1. The highest BCUT2D eigenvalue weighted by atomic mass is 16.5. The van der Waals surface area contributed by atoms with Gasteiger partial charge < -0.3 is 9.84 Å². The Morgan fingerprint density at radius 3 is 2.70 bits per heavy atom. The van der Waals surface area contributed by atoms with E-state index in [1.165, 1.54) is 17.4 Å². The zero-order chi connectivity index (χ0) is 16.2. The van der Waals surface area contributed by atoms with Gasteiger partial charge in [0, 0.05) is 11.9 Å². The van der Waals surface area contributed by atoms with E-state index < -0.39 is 0 Å². The SMILES string of the molecule is COc1ccc2cnn(CCCc3ccccc3)c(=O)c2c1O. The fourth-order valence-electron chi connectivity index (χ4n) is 2.64. The van der Waals surface area contributed by atoms with Crippen LogP contribution >= 0.6 is 0 Å². The van der Waals surface area contributed by atoms with Crippen molar-refractivity contribution in [1.82, 2.24) is 9.78 Å². The van der Waals surface area contributed by atoms with E-state index in [4.69, 9.17) is 4.74 Å². The first-order chi connectivity index (χ1) is 11.2. The zero-order valence-corrected chi connectivity index (χ0v) is 12.9. The smallest absolute Gasteiger partial charge is 0.278 e. The number of phenols is 1. The van der Waals surface area contributed by atoms with Crippen molar-refractivity contribution < 1.29 is 9.84 Å². The first-order valence-electron chi connectivity index (χ1n) is 7.50. The van der Waals surface area contributed by atoms with Gasteiger partial charge >= 0.3 is 0 Å². The third kappa shape index (κ3) is 3.04. The number of aromatic hydroxyl groups is 1. The van der Waals surface area contributed by atoms with Crippen molar-refractivity contribution in [3.8, 4) is 11.5 Å². The summed E-state index contributed by atoms with van der Waals surface area (Å²) in [6, 6.07) is 13.4. The Kier molecular flexibility index (Phi) is 4.28. The fraction of sp³-hybridized carbons (Fsp3) is 0.222. The molecule has 23 heavy (non-hydrogen) atoms. The summed E-state index contributed by atoms with van der Waals surface area (Å²) < 4.78 is 6.46. The van der Waals surface area contributed by atoms with E-state index in [1.807, 2.05) is 18.2 Å². The molecule has 0 aliphatic carbocycles. The molecule has 1 N–H and O–H groups in total. The van der Waals surface area contributed by atoms with Gasteiger partial charge in [0.1, 0.15) is 0 Å². The van der Waals surface area contributed by atoms with Gasteiger partial charge in [-0.05, 0) is 30.5 Å². The molecule has 0 unspecified atom stereocenters. The summed E-state index contributed by atoms with van der Waals surface area (Å²) in [5, 5.41) is 15.2. The average Bonchev–Trinajstić information content (AvgIpc) is 2.58. The molecule has 0 radical (unpaired) electrons. The quantitative estimate of drug-likeness (QED) is 0.787. The van der Waals surface area contributed by atoms with E-state index in [0.29, 0.717) is 11.9 Å². The highest BCUT2D eigenvalue weighted by molar-refractivity contribution is 5.88. The summed E-state index contributed by atoms with van der Waals surface area (Å²) in [7, 11) is 1.46. The number of phenolic OH excluding ortho intramolecular Hbond substituents is 1. The van der Waals surface area contributed by atoms with Crippen LogP contribution in [0.5, 0.6) is 11.5 Å². The molecule has 0 spiro atoms. The van der Waals surface area contributed by atoms with Crippen molar-refractivity contribution in [3.63, 3.8) is 0 Å². The van der Waals surface area contributed by atoms with Crippen LogP contribution in [0.25, 0.3) is 10.8 Å². The Morgan fingerprint density at radius 1 is 1.17 bits per heavy atom. The summed E-state index contributed by atoms with van der Waals surface area (Å²) in [6.07, 6.45) is 3.27. The summed E-state index contributed by atoms with van der Waals surface area (Å²) in [4.78, 5) is 12.5. The van der Waals surface area contributed by atoms with E-state index in [0.717, 1.165) is 12.8 Å². The van der Waals surface area contributed by atoms with Gasteiger partial charge in [-0.1, -0.05) is 30.3 Å². The number of hydrogen-bond acceptors (Lipinski definition) is 4. The minimum atomic E-state index is -0.299. The van der Waals surface area contributed by atoms with Crippen molar-refractivity contribution in [2.75, 3.05) is 7.11 Å². The average molecular weight is 310 g/mol. The third-order valence-corrected chi connectivity index (χ3v) is 3.86. The van der Waals surface area contributed by atoms with Gasteiger partial charge in [-0.15, -0.1) is 0 Å². The summed E-state index contributed by atoms with van der Waals surface area (Å²) in [5.74, 6) is 0.158. The largest absolute Gasteiger partial charge is 0.504 e. The van der Waals surface area contributed by atoms with Gasteiger partial charge in [-0.3, -0.25) is 4.79 Å². The summed E-state index contributed by atoms with van der Waals surface area (Å²) >= 11 is 0. The number of fused-ring (bicyclic) bond motifs is 1. The van der Waals surface area contributed by atoms with Crippen LogP contribution in [0.1, 0.15) is 12.0 Å². The lowest BCUT2D eigenvalue weighted by atomic mass is 10.1. The van der Waals surface area contributed by atoms with Crippen molar-refractivity contribution in [2.45, 2.75) is 19.4 Å². The van der Waals surface area contributed by atoms with Crippen LogP contribution in [0, 0.1) is 0 Å². The topological polar surface area (TPSA) is 64.4 Å². The van der Waals surface area contributed by atoms with Crippen LogP contribution in [0.4, 0.5) is 0 Å². The number of ether oxygens (including phenoxy) is 1. The second-order valence-corrected chi connectivity index (χ2v) is 5.34. The Hall–Kier alpha value is -2.82. The van der Waals surface area contributed by atoms with Gasteiger partial charge in [-0.25, -0.2) is 4.68 Å². The van der Waals surface area contributed by atoms with Gasteiger partial charge in [0.25, 0.3) is 5.56 Å². The number of rotatable bonds is 5. The number of nitrogens with zero attached hydrogens (tertiary/aromatic N) is 2. The molecular formula is C18H18N2O3. The maximum absolute atomic E-state index is 12.5. The molecular weight excluding hydrogens is 292 g/mol. The molecule has 0 bridgehead atoms. The third-order valence-electron chi connectivity index (χ3n) is 3.86. The second-order valence-electron chi connectivity index (χ2n) is 5.34. The normalized spacial score (nSPS) is 10.8. The van der Waals surface area contributed by atoms with E-state index in [9.17, 15) is 9.90 Å². The van der Waals surface area contributed by atoms with Crippen LogP contribution < -0.4 is 10.3 Å². The lowest BCUT2D eigenvalue weighted by Gasteiger charge is -2.09. The van der Waals surface area contributed by atoms with Crippen molar-refractivity contribution in [1.29, 1.82) is 0 Å². The second kappa shape index (κ2) is 6.52. The van der Waals surface area contributed by atoms with Crippen LogP contribution in [0.3, 0.4) is 0 Å². The molecule has 0 atom stereocenters. The molecule has 3 aromatic rings. The van der Waals surface area contributed by atoms with Gasteiger partial charge in [0.05, 0.1) is 18.7 Å². The molecule has 0 aliphatic heterocycles. The number of aromatic nitrogens is 2. The Balaban J connectivity index is 1.85. The highest BCUT2D eigenvalue weighted by Crippen LogP contribution is 2.31. The van der Waals surface area contributed by atoms with Crippen molar-refractivity contribution in [3.05, 3.63) is 64.6 Å². The fourth-order valence-corrected chi connectivity index (χ4v) is 2.64.